The van der Waals surface area contributed by atoms with Crippen LogP contribution >= 0.6 is 0 Å². The van der Waals surface area contributed by atoms with Gasteiger partial charge in [0.05, 0.1) is 0 Å². The molecule has 0 heterocycles. The first-order valence-electron chi connectivity index (χ1n) is 4.60. The Bertz CT molecular complexity index is 173. The smallest absolute Gasteiger partial charge is 0.00955 e. The van der Waals surface area contributed by atoms with E-state index in [-0.39, 0.29) is 11.8 Å². The van der Waals surface area contributed by atoms with Crippen LogP contribution in [0.25, 0.3) is 0 Å². The summed E-state index contributed by atoms with van der Waals surface area (Å²) in [4.78, 5) is 0. The van der Waals surface area contributed by atoms with Crippen LogP contribution in [-0.2, 0) is 0 Å². The van der Waals surface area contributed by atoms with Crippen molar-refractivity contribution in [1.82, 2.24) is 0 Å². The Kier molecular flexibility index (Phi) is 4.79. The highest BCUT2D eigenvalue weighted by molar-refractivity contribution is 5.89. The van der Waals surface area contributed by atoms with Crippen LogP contribution in [0.5, 0.6) is 0 Å². The summed E-state index contributed by atoms with van der Waals surface area (Å²) in [5.74, 6) is 0.523. The largest absolute Gasteiger partial charge is 0.310 e. The third-order valence-electron chi connectivity index (χ3n) is 2.44. The highest BCUT2D eigenvalue weighted by Gasteiger charge is 2.19. The molecule has 2 heteroatoms. The molecule has 2 atom stereocenters. The number of rotatable bonds is 5. The van der Waals surface area contributed by atoms with Crippen LogP contribution in [0.2, 0.25) is 0 Å². The zero-order valence-corrected chi connectivity index (χ0v) is 8.57. The van der Waals surface area contributed by atoms with Crippen molar-refractivity contribution < 1.29 is 0 Å². The van der Waals surface area contributed by atoms with Gasteiger partial charge in [-0.15, -0.1) is 0 Å². The normalized spacial score (nSPS) is 15.3. The first-order valence-corrected chi connectivity index (χ1v) is 4.60. The van der Waals surface area contributed by atoms with Crippen molar-refractivity contribution in [3.8, 4) is 0 Å². The Balaban J connectivity index is 4.28. The average molecular weight is 168 g/mol. The van der Waals surface area contributed by atoms with Crippen LogP contribution in [0.15, 0.2) is 0 Å². The van der Waals surface area contributed by atoms with Crippen molar-refractivity contribution in [2.24, 2.45) is 11.8 Å². The quantitative estimate of drug-likeness (QED) is 0.593. The molecule has 0 fully saturated rings. The van der Waals surface area contributed by atoms with Crippen molar-refractivity contribution in [3.05, 3.63) is 0 Å². The van der Waals surface area contributed by atoms with E-state index in [2.05, 4.69) is 6.92 Å². The van der Waals surface area contributed by atoms with Crippen LogP contribution in [0.1, 0.15) is 40.5 Å². The molecule has 0 aromatic heterocycles. The Labute approximate surface area is 75.4 Å². The van der Waals surface area contributed by atoms with Gasteiger partial charge in [-0.3, -0.25) is 0 Å². The molecule has 0 spiro atoms. The van der Waals surface area contributed by atoms with Crippen LogP contribution < -0.4 is 0 Å². The molecule has 0 aliphatic heterocycles. The second-order valence-electron chi connectivity index (χ2n) is 3.55. The molecular weight excluding hydrogens is 148 g/mol. The van der Waals surface area contributed by atoms with Gasteiger partial charge in [-0.2, -0.15) is 0 Å². The first-order chi connectivity index (χ1) is 5.50. The van der Waals surface area contributed by atoms with E-state index in [1.54, 1.807) is 0 Å². The van der Waals surface area contributed by atoms with Crippen molar-refractivity contribution >= 4 is 11.4 Å². The van der Waals surface area contributed by atoms with Crippen LogP contribution in [0.4, 0.5) is 0 Å². The van der Waals surface area contributed by atoms with E-state index in [9.17, 15) is 0 Å². The molecule has 0 saturated carbocycles. The van der Waals surface area contributed by atoms with Gasteiger partial charge in [0, 0.05) is 23.3 Å². The lowest BCUT2D eigenvalue weighted by molar-refractivity contribution is 0.516. The predicted octanol–water partition coefficient (Wildman–Crippen LogP) is 3.12. The fourth-order valence-electron chi connectivity index (χ4n) is 1.45. The second kappa shape index (κ2) is 5.07. The third kappa shape index (κ3) is 3.16. The van der Waals surface area contributed by atoms with Gasteiger partial charge in [0.1, 0.15) is 0 Å². The molecule has 2 unspecified atom stereocenters. The van der Waals surface area contributed by atoms with E-state index < -0.39 is 0 Å². The average Bonchev–Trinajstić information content (AvgIpc) is 1.98. The molecule has 0 aromatic rings. The molecule has 0 radical (unpaired) electrons. The molecule has 0 aromatic carbocycles. The van der Waals surface area contributed by atoms with Gasteiger partial charge in [0.15, 0.2) is 0 Å². The molecule has 0 aliphatic carbocycles. The minimum absolute atomic E-state index is 0.238. The zero-order chi connectivity index (χ0) is 9.72. The van der Waals surface area contributed by atoms with Crippen LogP contribution in [0.3, 0.4) is 0 Å². The lowest BCUT2D eigenvalue weighted by Crippen LogP contribution is -2.23. The molecule has 2 nitrogen and oxygen atoms in total. The van der Waals surface area contributed by atoms with Crippen molar-refractivity contribution in [2.45, 2.75) is 40.5 Å². The third-order valence-corrected chi connectivity index (χ3v) is 2.44. The van der Waals surface area contributed by atoms with Gasteiger partial charge >= 0.3 is 0 Å². The summed E-state index contributed by atoms with van der Waals surface area (Å²) in [6, 6.07) is 0. The Morgan fingerprint density at radius 3 is 1.92 bits per heavy atom. The Morgan fingerprint density at radius 1 is 1.17 bits per heavy atom. The van der Waals surface area contributed by atoms with Gasteiger partial charge < -0.3 is 10.8 Å². The topological polar surface area (TPSA) is 47.7 Å². The van der Waals surface area contributed by atoms with Gasteiger partial charge in [-0.05, 0) is 20.3 Å². The number of hydrogen-bond acceptors (Lipinski definition) is 2. The molecule has 0 bridgehead atoms. The lowest BCUT2D eigenvalue weighted by atomic mass is 9.84. The lowest BCUT2D eigenvalue weighted by Gasteiger charge is -2.21. The van der Waals surface area contributed by atoms with Crippen LogP contribution in [0, 0.1) is 22.7 Å². The summed E-state index contributed by atoms with van der Waals surface area (Å²) < 4.78 is 0. The fraction of sp³-hybridized carbons (Fsp3) is 0.800. The number of nitrogens with one attached hydrogen (secondary N) is 2. The standard InChI is InChI=1S/C10H20N2/c1-5-6-10(9(4)12)7(2)8(3)11/h7,10-12H,5-6H2,1-4H3. The Hall–Kier alpha value is -0.660. The maximum atomic E-state index is 7.58. The minimum atomic E-state index is 0.238. The molecule has 0 aliphatic rings. The molecule has 0 saturated heterocycles. The van der Waals surface area contributed by atoms with E-state index in [0.29, 0.717) is 5.71 Å². The maximum Gasteiger partial charge on any atom is 0.00955 e. The number of hydrogen-bond donors (Lipinski definition) is 2. The van der Waals surface area contributed by atoms with E-state index >= 15 is 0 Å². The summed E-state index contributed by atoms with van der Waals surface area (Å²) in [5.41, 5.74) is 1.41. The van der Waals surface area contributed by atoms with E-state index in [4.69, 9.17) is 10.8 Å². The molecule has 0 rings (SSSR count). The Morgan fingerprint density at radius 2 is 1.67 bits per heavy atom. The minimum Gasteiger partial charge on any atom is -0.310 e. The molecule has 0 amide bonds. The summed E-state index contributed by atoms with van der Waals surface area (Å²) in [6.45, 7) is 7.85. The van der Waals surface area contributed by atoms with Crippen LogP contribution in [-0.4, -0.2) is 11.4 Å². The van der Waals surface area contributed by atoms with Gasteiger partial charge in [0.2, 0.25) is 0 Å². The summed E-state index contributed by atoms with van der Waals surface area (Å²) >= 11 is 0. The van der Waals surface area contributed by atoms with Crippen molar-refractivity contribution in [3.63, 3.8) is 0 Å². The van der Waals surface area contributed by atoms with Gasteiger partial charge in [-0.25, -0.2) is 0 Å². The van der Waals surface area contributed by atoms with Gasteiger partial charge in [-0.1, -0.05) is 20.3 Å². The molecule has 12 heavy (non-hydrogen) atoms. The van der Waals surface area contributed by atoms with E-state index in [0.717, 1.165) is 18.6 Å². The fourth-order valence-corrected chi connectivity index (χ4v) is 1.45. The highest BCUT2D eigenvalue weighted by Crippen LogP contribution is 2.19. The van der Waals surface area contributed by atoms with Crippen molar-refractivity contribution in [2.75, 3.05) is 0 Å². The zero-order valence-electron chi connectivity index (χ0n) is 8.57. The maximum absolute atomic E-state index is 7.58. The predicted molar refractivity (Wildman–Crippen MR) is 54.4 cm³/mol. The van der Waals surface area contributed by atoms with E-state index in [1.807, 2.05) is 20.8 Å². The van der Waals surface area contributed by atoms with E-state index in [1.165, 1.54) is 0 Å². The van der Waals surface area contributed by atoms with Gasteiger partial charge in [0.25, 0.3) is 0 Å². The molecular formula is C10H20N2. The summed E-state index contributed by atoms with van der Waals surface area (Å²) in [5, 5.41) is 15.1. The monoisotopic (exact) mass is 168 g/mol. The molecule has 2 N–H and O–H groups in total. The highest BCUT2D eigenvalue weighted by atomic mass is 14.5. The summed E-state index contributed by atoms with van der Waals surface area (Å²) in [7, 11) is 0. The SMILES string of the molecule is CCCC(C(C)=N)C(C)C(C)=N. The second-order valence-corrected chi connectivity index (χ2v) is 3.55. The first kappa shape index (κ1) is 11.3. The van der Waals surface area contributed by atoms with Crippen molar-refractivity contribution in [1.29, 1.82) is 10.8 Å². The molecule has 70 valence electrons. The summed E-state index contributed by atoms with van der Waals surface area (Å²) in [6.07, 6.45) is 2.13.